The molecular weight excluding hydrogens is 442 g/mol. The fourth-order valence-electron chi connectivity index (χ4n) is 4.74. The van der Waals surface area contributed by atoms with Crippen molar-refractivity contribution in [2.45, 2.75) is 43.7 Å². The van der Waals surface area contributed by atoms with Crippen molar-refractivity contribution in [1.82, 2.24) is 14.5 Å². The van der Waals surface area contributed by atoms with Crippen molar-refractivity contribution in [3.05, 3.63) is 53.1 Å². The molecule has 0 aromatic heterocycles. The van der Waals surface area contributed by atoms with E-state index in [1.165, 1.54) is 9.87 Å². The summed E-state index contributed by atoms with van der Waals surface area (Å²) in [6.45, 7) is 4.26. The van der Waals surface area contributed by atoms with E-state index in [4.69, 9.17) is 9.47 Å². The Bertz CT molecular complexity index is 1160. The SMILES string of the molecule is C[C@H](C(=O)NCc1ccc2c(c1)OCO2)N1CCN(S(=O)(=O)c2ccc3c(c2)CCC3)CC1. The Balaban J connectivity index is 1.15. The third-order valence-electron chi connectivity index (χ3n) is 6.81. The maximum Gasteiger partial charge on any atom is 0.243 e. The maximum absolute atomic E-state index is 13.1. The topological polar surface area (TPSA) is 88.2 Å². The highest BCUT2D eigenvalue weighted by Gasteiger charge is 2.32. The van der Waals surface area contributed by atoms with E-state index >= 15 is 0 Å². The second-order valence-electron chi connectivity index (χ2n) is 8.81. The number of amides is 1. The highest BCUT2D eigenvalue weighted by molar-refractivity contribution is 7.89. The molecule has 1 fully saturated rings. The van der Waals surface area contributed by atoms with Crippen LogP contribution in [0.2, 0.25) is 0 Å². The molecule has 1 atom stereocenters. The van der Waals surface area contributed by atoms with E-state index in [1.807, 2.05) is 42.2 Å². The Morgan fingerprint density at radius 2 is 1.76 bits per heavy atom. The molecule has 0 spiro atoms. The van der Waals surface area contributed by atoms with Crippen LogP contribution in [0.25, 0.3) is 0 Å². The molecule has 0 unspecified atom stereocenters. The molecule has 2 heterocycles. The summed E-state index contributed by atoms with van der Waals surface area (Å²) in [5, 5.41) is 2.97. The predicted molar refractivity (Wildman–Crippen MR) is 123 cm³/mol. The Morgan fingerprint density at radius 3 is 2.58 bits per heavy atom. The Kier molecular flexibility index (Phi) is 6.03. The highest BCUT2D eigenvalue weighted by atomic mass is 32.2. The number of hydrogen-bond acceptors (Lipinski definition) is 6. The zero-order valence-electron chi connectivity index (χ0n) is 18.7. The molecule has 3 aliphatic rings. The van der Waals surface area contributed by atoms with Crippen molar-refractivity contribution in [3.8, 4) is 11.5 Å². The van der Waals surface area contributed by atoms with Crippen molar-refractivity contribution < 1.29 is 22.7 Å². The lowest BCUT2D eigenvalue weighted by molar-refractivity contribution is -0.126. The Hall–Kier alpha value is -2.62. The summed E-state index contributed by atoms with van der Waals surface area (Å²) in [4.78, 5) is 15.1. The van der Waals surface area contributed by atoms with Crippen LogP contribution in [0.15, 0.2) is 41.3 Å². The van der Waals surface area contributed by atoms with Gasteiger partial charge in [0, 0.05) is 32.7 Å². The first-order valence-electron chi connectivity index (χ1n) is 11.4. The molecule has 1 amide bonds. The molecule has 33 heavy (non-hydrogen) atoms. The number of nitrogens with one attached hydrogen (secondary N) is 1. The first-order valence-corrected chi connectivity index (χ1v) is 12.9. The van der Waals surface area contributed by atoms with Gasteiger partial charge in [0.15, 0.2) is 11.5 Å². The molecule has 0 radical (unpaired) electrons. The van der Waals surface area contributed by atoms with Crippen molar-refractivity contribution in [2.75, 3.05) is 33.0 Å². The number of nitrogens with zero attached hydrogens (tertiary/aromatic N) is 2. The quantitative estimate of drug-likeness (QED) is 0.693. The average molecular weight is 472 g/mol. The van der Waals surface area contributed by atoms with Crippen LogP contribution in [0.3, 0.4) is 0 Å². The minimum atomic E-state index is -3.52. The van der Waals surface area contributed by atoms with Gasteiger partial charge in [-0.2, -0.15) is 4.31 Å². The lowest BCUT2D eigenvalue weighted by Crippen LogP contribution is -2.54. The van der Waals surface area contributed by atoms with Crippen LogP contribution in [0, 0.1) is 0 Å². The summed E-state index contributed by atoms with van der Waals surface area (Å²) in [5.74, 6) is 1.32. The molecular formula is C24H29N3O5S. The lowest BCUT2D eigenvalue weighted by atomic mass is 10.1. The Morgan fingerprint density at radius 1 is 1.00 bits per heavy atom. The van der Waals surface area contributed by atoms with E-state index in [1.54, 1.807) is 6.07 Å². The Labute approximate surface area is 194 Å². The van der Waals surface area contributed by atoms with Crippen LogP contribution in [0.5, 0.6) is 11.5 Å². The summed E-state index contributed by atoms with van der Waals surface area (Å²) in [7, 11) is -3.52. The van der Waals surface area contributed by atoms with Gasteiger partial charge in [-0.25, -0.2) is 8.42 Å². The van der Waals surface area contributed by atoms with Gasteiger partial charge in [-0.15, -0.1) is 0 Å². The van der Waals surface area contributed by atoms with Gasteiger partial charge in [-0.3, -0.25) is 9.69 Å². The number of carbonyl (C=O) groups excluding carboxylic acids is 1. The second kappa shape index (κ2) is 8.96. The van der Waals surface area contributed by atoms with Gasteiger partial charge in [0.2, 0.25) is 22.7 Å². The molecule has 0 saturated carbocycles. The highest BCUT2D eigenvalue weighted by Crippen LogP contribution is 2.32. The van der Waals surface area contributed by atoms with Crippen molar-refractivity contribution in [1.29, 1.82) is 0 Å². The minimum absolute atomic E-state index is 0.0809. The molecule has 0 bridgehead atoms. The van der Waals surface area contributed by atoms with Gasteiger partial charge in [-0.05, 0) is 67.1 Å². The standard InChI is InChI=1S/C24H29N3O5S/c1-17(24(28)25-15-18-5-8-22-23(13-18)32-16-31-22)26-9-11-27(12-10-26)33(29,30)21-7-6-19-3-2-4-20(19)14-21/h5-8,13-14,17H,2-4,9-12,15-16H2,1H3,(H,25,28)/t17-/m1/s1. The van der Waals surface area contributed by atoms with E-state index in [9.17, 15) is 13.2 Å². The fourth-order valence-corrected chi connectivity index (χ4v) is 6.22. The molecule has 5 rings (SSSR count). The van der Waals surface area contributed by atoms with Crippen LogP contribution in [-0.4, -0.2) is 62.5 Å². The van der Waals surface area contributed by atoms with Crippen LogP contribution < -0.4 is 14.8 Å². The third kappa shape index (κ3) is 4.45. The maximum atomic E-state index is 13.1. The largest absolute Gasteiger partial charge is 0.454 e. The van der Waals surface area contributed by atoms with E-state index in [-0.39, 0.29) is 18.7 Å². The lowest BCUT2D eigenvalue weighted by Gasteiger charge is -2.36. The molecule has 1 aliphatic carbocycles. The minimum Gasteiger partial charge on any atom is -0.454 e. The normalized spacial score (nSPS) is 19.3. The number of aryl methyl sites for hydroxylation is 2. The number of fused-ring (bicyclic) bond motifs is 2. The zero-order valence-corrected chi connectivity index (χ0v) is 19.6. The van der Waals surface area contributed by atoms with Gasteiger partial charge in [-0.1, -0.05) is 12.1 Å². The number of ether oxygens (including phenoxy) is 2. The molecule has 1 saturated heterocycles. The molecule has 176 valence electrons. The summed E-state index contributed by atoms with van der Waals surface area (Å²) >= 11 is 0. The summed E-state index contributed by atoms with van der Waals surface area (Å²) in [6.07, 6.45) is 3.07. The number of rotatable bonds is 6. The molecule has 9 heteroatoms. The molecule has 2 aliphatic heterocycles. The first-order chi connectivity index (χ1) is 15.9. The molecule has 1 N–H and O–H groups in total. The number of carbonyl (C=O) groups is 1. The molecule has 8 nitrogen and oxygen atoms in total. The number of hydrogen-bond donors (Lipinski definition) is 1. The molecule has 2 aromatic rings. The van der Waals surface area contributed by atoms with E-state index < -0.39 is 10.0 Å². The van der Waals surface area contributed by atoms with E-state index in [2.05, 4.69) is 5.32 Å². The first kappa shape index (κ1) is 22.2. The van der Waals surface area contributed by atoms with Gasteiger partial charge in [0.25, 0.3) is 0 Å². The van der Waals surface area contributed by atoms with Crippen LogP contribution >= 0.6 is 0 Å². The number of benzene rings is 2. The van der Waals surface area contributed by atoms with Crippen molar-refractivity contribution >= 4 is 15.9 Å². The van der Waals surface area contributed by atoms with Gasteiger partial charge >= 0.3 is 0 Å². The third-order valence-corrected chi connectivity index (χ3v) is 8.71. The van der Waals surface area contributed by atoms with Gasteiger partial charge < -0.3 is 14.8 Å². The van der Waals surface area contributed by atoms with E-state index in [0.717, 1.165) is 30.4 Å². The summed E-state index contributed by atoms with van der Waals surface area (Å²) in [5.41, 5.74) is 3.35. The monoisotopic (exact) mass is 471 g/mol. The fraction of sp³-hybridized carbons (Fsp3) is 0.458. The zero-order chi connectivity index (χ0) is 23.0. The van der Waals surface area contributed by atoms with E-state index in [0.29, 0.717) is 49.1 Å². The van der Waals surface area contributed by atoms with Gasteiger partial charge in [0.05, 0.1) is 10.9 Å². The van der Waals surface area contributed by atoms with Crippen molar-refractivity contribution in [2.24, 2.45) is 0 Å². The number of piperazine rings is 1. The number of sulfonamides is 1. The second-order valence-corrected chi connectivity index (χ2v) is 10.7. The average Bonchev–Trinajstić information content (AvgIpc) is 3.50. The van der Waals surface area contributed by atoms with Crippen LogP contribution in [0.1, 0.15) is 30.0 Å². The van der Waals surface area contributed by atoms with Crippen LogP contribution in [-0.2, 0) is 34.2 Å². The van der Waals surface area contributed by atoms with Gasteiger partial charge in [0.1, 0.15) is 0 Å². The summed E-state index contributed by atoms with van der Waals surface area (Å²) in [6, 6.07) is 10.8. The van der Waals surface area contributed by atoms with Crippen LogP contribution in [0.4, 0.5) is 0 Å². The smallest absolute Gasteiger partial charge is 0.243 e. The summed E-state index contributed by atoms with van der Waals surface area (Å²) < 4.78 is 38.5. The molecule has 2 aromatic carbocycles. The van der Waals surface area contributed by atoms with Crippen molar-refractivity contribution in [3.63, 3.8) is 0 Å². The predicted octanol–water partition coefficient (Wildman–Crippen LogP) is 1.92.